The van der Waals surface area contributed by atoms with Crippen LogP contribution in [0.5, 0.6) is 0 Å². The fourth-order valence-electron chi connectivity index (χ4n) is 3.70. The fourth-order valence-corrected chi connectivity index (χ4v) is 3.70. The van der Waals surface area contributed by atoms with Crippen molar-refractivity contribution in [1.29, 1.82) is 5.26 Å². The van der Waals surface area contributed by atoms with Crippen LogP contribution in [0.3, 0.4) is 0 Å². The van der Waals surface area contributed by atoms with E-state index in [4.69, 9.17) is 10.00 Å². The van der Waals surface area contributed by atoms with Gasteiger partial charge in [-0.3, -0.25) is 4.90 Å². The first-order valence-electron chi connectivity index (χ1n) is 8.63. The molecule has 0 radical (unpaired) electrons. The van der Waals surface area contributed by atoms with Crippen LogP contribution in [-0.4, -0.2) is 58.3 Å². The summed E-state index contributed by atoms with van der Waals surface area (Å²) < 4.78 is 7.98. The molecule has 2 saturated heterocycles. The Balaban J connectivity index is 1.57. The molecule has 2 aliphatic rings. The number of fused-ring (bicyclic) bond motifs is 3. The van der Waals surface area contributed by atoms with E-state index < -0.39 is 0 Å². The van der Waals surface area contributed by atoms with E-state index in [-0.39, 0.29) is 6.04 Å². The molecular weight excluding hydrogens is 316 g/mol. The largest absolute Gasteiger partial charge is 0.379 e. The van der Waals surface area contributed by atoms with Crippen LogP contribution in [0, 0.1) is 17.2 Å². The Kier molecular flexibility index (Phi) is 4.38. The molecule has 7 heteroatoms. The van der Waals surface area contributed by atoms with Crippen molar-refractivity contribution in [3.8, 4) is 6.07 Å². The van der Waals surface area contributed by atoms with E-state index in [0.717, 1.165) is 51.0 Å². The highest BCUT2D eigenvalue weighted by molar-refractivity contribution is 5.42. The number of aryl methyl sites for hydroxylation is 1. The Bertz CT molecular complexity index is 782. The van der Waals surface area contributed by atoms with Crippen molar-refractivity contribution >= 4 is 5.82 Å². The van der Waals surface area contributed by atoms with Crippen LogP contribution in [-0.2, 0) is 18.3 Å². The lowest BCUT2D eigenvalue weighted by molar-refractivity contribution is 0.0864. The van der Waals surface area contributed by atoms with Crippen LogP contribution in [0.1, 0.15) is 11.5 Å². The molecule has 0 amide bonds. The average Bonchev–Trinajstić information content (AvgIpc) is 2.82. The Morgan fingerprint density at radius 1 is 1.28 bits per heavy atom. The van der Waals surface area contributed by atoms with Gasteiger partial charge in [-0.15, -0.1) is 0 Å². The molecule has 0 spiro atoms. The number of hydrogen-bond acceptors (Lipinski definition) is 6. The molecule has 25 heavy (non-hydrogen) atoms. The predicted octanol–water partition coefficient (Wildman–Crippen LogP) is 1.02. The van der Waals surface area contributed by atoms with E-state index in [0.29, 0.717) is 11.6 Å². The zero-order chi connectivity index (χ0) is 17.2. The van der Waals surface area contributed by atoms with Crippen LogP contribution in [0.4, 0.5) is 5.82 Å². The third kappa shape index (κ3) is 3.36. The highest BCUT2D eigenvalue weighted by atomic mass is 16.5. The predicted molar refractivity (Wildman–Crippen MR) is 92.9 cm³/mol. The minimum Gasteiger partial charge on any atom is -0.379 e. The second kappa shape index (κ2) is 6.82. The highest BCUT2D eigenvalue weighted by Crippen LogP contribution is 2.24. The lowest BCUT2D eigenvalue weighted by Gasteiger charge is -2.31. The Labute approximate surface area is 147 Å². The summed E-state index contributed by atoms with van der Waals surface area (Å²) in [4.78, 5) is 13.7. The van der Waals surface area contributed by atoms with E-state index in [1.807, 2.05) is 31.6 Å². The number of anilines is 1. The molecule has 0 saturated carbocycles. The molecule has 2 bridgehead atoms. The van der Waals surface area contributed by atoms with Gasteiger partial charge in [-0.2, -0.15) is 5.26 Å². The van der Waals surface area contributed by atoms with Gasteiger partial charge < -0.3 is 14.2 Å². The smallest absolute Gasteiger partial charge is 0.142 e. The van der Waals surface area contributed by atoms with Crippen LogP contribution in [0.15, 0.2) is 30.6 Å². The lowest BCUT2D eigenvalue weighted by atomic mass is 10.1. The summed E-state index contributed by atoms with van der Waals surface area (Å²) in [6.45, 7) is 5.05. The van der Waals surface area contributed by atoms with E-state index >= 15 is 0 Å². The second-order valence-corrected chi connectivity index (χ2v) is 6.84. The topological polar surface area (TPSA) is 70.2 Å². The molecule has 2 aliphatic heterocycles. The van der Waals surface area contributed by atoms with Gasteiger partial charge in [0.25, 0.3) is 0 Å². The molecule has 0 unspecified atom stereocenters. The number of nitriles is 1. The number of rotatable bonds is 3. The van der Waals surface area contributed by atoms with Gasteiger partial charge in [0.2, 0.25) is 0 Å². The Morgan fingerprint density at radius 3 is 3.00 bits per heavy atom. The first-order chi connectivity index (χ1) is 12.2. The van der Waals surface area contributed by atoms with Crippen LogP contribution in [0.2, 0.25) is 0 Å². The molecule has 2 aromatic rings. The Morgan fingerprint density at radius 2 is 2.20 bits per heavy atom. The van der Waals surface area contributed by atoms with E-state index in [1.165, 1.54) is 0 Å². The molecule has 2 aromatic heterocycles. The normalized spacial score (nSPS) is 23.9. The van der Waals surface area contributed by atoms with Crippen molar-refractivity contribution in [3.05, 3.63) is 42.1 Å². The van der Waals surface area contributed by atoms with Crippen molar-refractivity contribution in [2.45, 2.75) is 12.6 Å². The molecule has 2 atom stereocenters. The number of pyridine rings is 1. The molecule has 0 N–H and O–H groups in total. The molecule has 2 fully saturated rings. The first kappa shape index (κ1) is 16.1. The summed E-state index contributed by atoms with van der Waals surface area (Å²) in [7, 11) is 2.03. The minimum atomic E-state index is 0.289. The zero-order valence-corrected chi connectivity index (χ0v) is 14.4. The maximum atomic E-state index is 9.12. The molecule has 7 nitrogen and oxygen atoms in total. The minimum absolute atomic E-state index is 0.289. The van der Waals surface area contributed by atoms with E-state index in [1.54, 1.807) is 6.07 Å². The maximum absolute atomic E-state index is 9.12. The molecule has 4 rings (SSSR count). The van der Waals surface area contributed by atoms with Gasteiger partial charge in [0, 0.05) is 45.0 Å². The molecule has 4 heterocycles. The number of imidazole rings is 1. The van der Waals surface area contributed by atoms with Gasteiger partial charge in [0.15, 0.2) is 0 Å². The van der Waals surface area contributed by atoms with Crippen LogP contribution >= 0.6 is 0 Å². The monoisotopic (exact) mass is 338 g/mol. The first-order valence-corrected chi connectivity index (χ1v) is 8.63. The van der Waals surface area contributed by atoms with Gasteiger partial charge in [-0.05, 0) is 12.1 Å². The van der Waals surface area contributed by atoms with Crippen molar-refractivity contribution in [1.82, 2.24) is 19.4 Å². The fraction of sp³-hybridized carbons (Fsp3) is 0.500. The van der Waals surface area contributed by atoms with Crippen LogP contribution in [0.25, 0.3) is 0 Å². The lowest BCUT2D eigenvalue weighted by Crippen LogP contribution is -2.44. The summed E-state index contributed by atoms with van der Waals surface area (Å²) >= 11 is 0. The standard InChI is InChI=1S/C18H22N6O/c1-22-6-5-20-18(22)11-23-8-14-9-24(10-16(23)13-25-12-14)17-4-2-3-15(7-19)21-17/h2-6,14,16H,8-13H2,1H3/t14-,16+/m1/s1. The van der Waals surface area contributed by atoms with E-state index in [9.17, 15) is 0 Å². The van der Waals surface area contributed by atoms with Crippen molar-refractivity contribution < 1.29 is 4.74 Å². The van der Waals surface area contributed by atoms with Gasteiger partial charge in [0.1, 0.15) is 23.4 Å². The summed E-state index contributed by atoms with van der Waals surface area (Å²) in [5, 5.41) is 9.12. The molecule has 0 aliphatic carbocycles. The maximum Gasteiger partial charge on any atom is 0.142 e. The Hall–Kier alpha value is -2.43. The summed E-state index contributed by atoms with van der Waals surface area (Å²) in [5.74, 6) is 2.37. The van der Waals surface area contributed by atoms with Gasteiger partial charge in [-0.25, -0.2) is 9.97 Å². The second-order valence-electron chi connectivity index (χ2n) is 6.84. The van der Waals surface area contributed by atoms with Gasteiger partial charge in [-0.1, -0.05) is 6.07 Å². The third-order valence-corrected chi connectivity index (χ3v) is 5.02. The quantitative estimate of drug-likeness (QED) is 0.832. The molecule has 130 valence electrons. The van der Waals surface area contributed by atoms with Crippen LogP contribution < -0.4 is 4.90 Å². The molecular formula is C18H22N6O. The van der Waals surface area contributed by atoms with Crippen molar-refractivity contribution in [2.75, 3.05) is 37.7 Å². The van der Waals surface area contributed by atoms with E-state index in [2.05, 4.69) is 30.4 Å². The van der Waals surface area contributed by atoms with Crippen molar-refractivity contribution in [2.24, 2.45) is 13.0 Å². The van der Waals surface area contributed by atoms with Gasteiger partial charge >= 0.3 is 0 Å². The molecule has 0 aromatic carbocycles. The SMILES string of the molecule is Cn1ccnc1CN1C[C@H]2COC[C@@H]1CN(c1cccc(C#N)n1)C2. The van der Waals surface area contributed by atoms with Crippen molar-refractivity contribution in [3.63, 3.8) is 0 Å². The number of aromatic nitrogens is 3. The zero-order valence-electron chi connectivity index (χ0n) is 14.4. The summed E-state index contributed by atoms with van der Waals surface area (Å²) in [5.41, 5.74) is 0.466. The highest BCUT2D eigenvalue weighted by Gasteiger charge is 2.34. The average molecular weight is 338 g/mol. The number of ether oxygens (including phenoxy) is 1. The summed E-state index contributed by atoms with van der Waals surface area (Å²) in [6, 6.07) is 8.07. The summed E-state index contributed by atoms with van der Waals surface area (Å²) in [6.07, 6.45) is 3.83. The van der Waals surface area contributed by atoms with Gasteiger partial charge in [0.05, 0.1) is 25.8 Å². The number of nitrogens with zero attached hydrogens (tertiary/aromatic N) is 6. The number of hydrogen-bond donors (Lipinski definition) is 0. The third-order valence-electron chi connectivity index (χ3n) is 5.02.